The Balaban J connectivity index is 2.34. The first-order chi connectivity index (χ1) is 10.6. The highest BCUT2D eigenvalue weighted by molar-refractivity contribution is 5.82. The van der Waals surface area contributed by atoms with Crippen LogP contribution >= 0.6 is 0 Å². The number of ketones is 1. The topological polar surface area (TPSA) is 61.8 Å². The summed E-state index contributed by atoms with van der Waals surface area (Å²) in [7, 11) is 3.19. The van der Waals surface area contributed by atoms with E-state index in [4.69, 9.17) is 14.2 Å². The number of methoxy groups -OCH3 is 2. The first kappa shape index (κ1) is 18.0. The minimum absolute atomic E-state index is 0.0510. The van der Waals surface area contributed by atoms with E-state index in [2.05, 4.69) is 0 Å². The molecule has 0 aliphatic carbocycles. The van der Waals surface area contributed by atoms with Crippen molar-refractivity contribution >= 4 is 11.8 Å². The molecule has 5 heteroatoms. The van der Waals surface area contributed by atoms with Gasteiger partial charge in [0.2, 0.25) is 0 Å². The number of esters is 1. The molecule has 1 aromatic carbocycles. The van der Waals surface area contributed by atoms with E-state index in [0.29, 0.717) is 30.8 Å². The SMILES string of the molecule is CCCC(=O)OCC(=O)CCCc1ccc(OC)c(OC)c1. The van der Waals surface area contributed by atoms with Gasteiger partial charge in [-0.3, -0.25) is 9.59 Å². The van der Waals surface area contributed by atoms with Crippen molar-refractivity contribution in [2.75, 3.05) is 20.8 Å². The van der Waals surface area contributed by atoms with E-state index in [9.17, 15) is 9.59 Å². The van der Waals surface area contributed by atoms with Gasteiger partial charge in [-0.1, -0.05) is 13.0 Å². The average Bonchev–Trinajstić information content (AvgIpc) is 2.53. The predicted octanol–water partition coefficient (Wildman–Crippen LogP) is 2.94. The fourth-order valence-corrected chi connectivity index (χ4v) is 2.04. The summed E-state index contributed by atoms with van der Waals surface area (Å²) in [5.74, 6) is 1.01. The largest absolute Gasteiger partial charge is 0.493 e. The Hall–Kier alpha value is -2.04. The first-order valence-electron chi connectivity index (χ1n) is 7.49. The van der Waals surface area contributed by atoms with Gasteiger partial charge in [-0.15, -0.1) is 0 Å². The van der Waals surface area contributed by atoms with E-state index < -0.39 is 0 Å². The molecule has 0 aromatic heterocycles. The number of ether oxygens (including phenoxy) is 3. The maximum absolute atomic E-state index is 11.6. The fourth-order valence-electron chi connectivity index (χ4n) is 2.04. The zero-order valence-corrected chi connectivity index (χ0v) is 13.5. The van der Waals surface area contributed by atoms with Crippen LogP contribution in [0.2, 0.25) is 0 Å². The molecule has 0 amide bonds. The molecule has 0 fully saturated rings. The Morgan fingerprint density at radius 3 is 2.41 bits per heavy atom. The Labute approximate surface area is 131 Å². The predicted molar refractivity (Wildman–Crippen MR) is 83.4 cm³/mol. The molecule has 0 atom stereocenters. The molecule has 22 heavy (non-hydrogen) atoms. The Bertz CT molecular complexity index is 496. The summed E-state index contributed by atoms with van der Waals surface area (Å²) in [5, 5.41) is 0. The normalized spacial score (nSPS) is 10.1. The Kier molecular flexibility index (Phi) is 8.04. The molecule has 0 radical (unpaired) electrons. The van der Waals surface area contributed by atoms with E-state index in [1.165, 1.54) is 0 Å². The lowest BCUT2D eigenvalue weighted by Crippen LogP contribution is -2.13. The number of benzene rings is 1. The van der Waals surface area contributed by atoms with Crippen molar-refractivity contribution in [1.82, 2.24) is 0 Å². The standard InChI is InChI=1S/C17H24O5/c1-4-6-17(19)22-12-14(18)8-5-7-13-9-10-15(20-2)16(11-13)21-3/h9-11H,4-8,12H2,1-3H3. The minimum Gasteiger partial charge on any atom is -0.493 e. The number of hydrogen-bond acceptors (Lipinski definition) is 5. The number of carbonyl (C=O) groups is 2. The van der Waals surface area contributed by atoms with Gasteiger partial charge in [0.15, 0.2) is 17.3 Å². The lowest BCUT2D eigenvalue weighted by Gasteiger charge is -2.09. The summed E-state index contributed by atoms with van der Waals surface area (Å²) in [6.45, 7) is 1.77. The van der Waals surface area contributed by atoms with Crippen molar-refractivity contribution in [1.29, 1.82) is 0 Å². The van der Waals surface area contributed by atoms with Crippen LogP contribution in [0.25, 0.3) is 0 Å². The number of Topliss-reactive ketones (excluding diaryl/α,β-unsaturated/α-hetero) is 1. The van der Waals surface area contributed by atoms with Gasteiger partial charge >= 0.3 is 5.97 Å². The van der Waals surface area contributed by atoms with Crippen LogP contribution in [0.3, 0.4) is 0 Å². The molecular formula is C17H24O5. The van der Waals surface area contributed by atoms with E-state index in [0.717, 1.165) is 18.4 Å². The summed E-state index contributed by atoms with van der Waals surface area (Å²) in [6.07, 6.45) is 2.95. The molecule has 0 saturated heterocycles. The lowest BCUT2D eigenvalue weighted by atomic mass is 10.1. The maximum atomic E-state index is 11.6. The van der Waals surface area contributed by atoms with Crippen molar-refractivity contribution < 1.29 is 23.8 Å². The molecule has 0 aliphatic heterocycles. The molecule has 122 valence electrons. The summed E-state index contributed by atoms with van der Waals surface area (Å²) >= 11 is 0. The van der Waals surface area contributed by atoms with Crippen molar-refractivity contribution in [3.63, 3.8) is 0 Å². The summed E-state index contributed by atoms with van der Waals surface area (Å²) < 4.78 is 15.3. The maximum Gasteiger partial charge on any atom is 0.306 e. The zero-order chi connectivity index (χ0) is 16.4. The zero-order valence-electron chi connectivity index (χ0n) is 13.5. The molecule has 0 N–H and O–H groups in total. The summed E-state index contributed by atoms with van der Waals surface area (Å²) in [6, 6.07) is 5.71. The third kappa shape index (κ3) is 6.16. The van der Waals surface area contributed by atoms with Gasteiger partial charge in [-0.2, -0.15) is 0 Å². The van der Waals surface area contributed by atoms with Gasteiger partial charge < -0.3 is 14.2 Å². The van der Waals surface area contributed by atoms with E-state index in [1.807, 2.05) is 25.1 Å². The number of aryl methyl sites for hydroxylation is 1. The molecule has 5 nitrogen and oxygen atoms in total. The van der Waals surface area contributed by atoms with Crippen LogP contribution in [0, 0.1) is 0 Å². The van der Waals surface area contributed by atoms with Crippen LogP contribution in [-0.2, 0) is 20.7 Å². The van der Waals surface area contributed by atoms with Crippen molar-refractivity contribution in [2.45, 2.75) is 39.0 Å². The van der Waals surface area contributed by atoms with Crippen LogP contribution in [0.15, 0.2) is 18.2 Å². The molecule has 1 rings (SSSR count). The second kappa shape index (κ2) is 9.82. The quantitative estimate of drug-likeness (QED) is 0.622. The molecule has 0 heterocycles. The molecule has 0 spiro atoms. The fraction of sp³-hybridized carbons (Fsp3) is 0.529. The number of carbonyl (C=O) groups excluding carboxylic acids is 2. The van der Waals surface area contributed by atoms with Crippen LogP contribution in [0.4, 0.5) is 0 Å². The molecule has 0 bridgehead atoms. The Morgan fingerprint density at radius 2 is 1.77 bits per heavy atom. The highest BCUT2D eigenvalue weighted by atomic mass is 16.5. The third-order valence-electron chi connectivity index (χ3n) is 3.22. The highest BCUT2D eigenvalue weighted by Gasteiger charge is 2.08. The lowest BCUT2D eigenvalue weighted by molar-refractivity contribution is -0.148. The summed E-state index contributed by atoms with van der Waals surface area (Å²) in [4.78, 5) is 22.8. The second-order valence-corrected chi connectivity index (χ2v) is 4.99. The van der Waals surface area contributed by atoms with Crippen LogP contribution in [-0.4, -0.2) is 32.6 Å². The van der Waals surface area contributed by atoms with Crippen LogP contribution in [0.5, 0.6) is 11.5 Å². The van der Waals surface area contributed by atoms with Crippen LogP contribution in [0.1, 0.15) is 38.2 Å². The second-order valence-electron chi connectivity index (χ2n) is 4.99. The van der Waals surface area contributed by atoms with Gasteiger partial charge in [0.05, 0.1) is 14.2 Å². The van der Waals surface area contributed by atoms with Crippen molar-refractivity contribution in [3.8, 4) is 11.5 Å². The van der Waals surface area contributed by atoms with E-state index in [1.54, 1.807) is 14.2 Å². The van der Waals surface area contributed by atoms with Crippen molar-refractivity contribution in [3.05, 3.63) is 23.8 Å². The van der Waals surface area contributed by atoms with E-state index >= 15 is 0 Å². The van der Waals surface area contributed by atoms with Gasteiger partial charge in [-0.25, -0.2) is 0 Å². The summed E-state index contributed by atoms with van der Waals surface area (Å²) in [5.41, 5.74) is 1.08. The molecule has 0 unspecified atom stereocenters. The van der Waals surface area contributed by atoms with Gasteiger partial charge in [0, 0.05) is 12.8 Å². The average molecular weight is 308 g/mol. The smallest absolute Gasteiger partial charge is 0.306 e. The highest BCUT2D eigenvalue weighted by Crippen LogP contribution is 2.28. The molecule has 1 aromatic rings. The Morgan fingerprint density at radius 1 is 1.05 bits per heavy atom. The first-order valence-corrected chi connectivity index (χ1v) is 7.49. The number of hydrogen-bond donors (Lipinski definition) is 0. The molecule has 0 saturated carbocycles. The van der Waals surface area contributed by atoms with Gasteiger partial charge in [0.1, 0.15) is 6.61 Å². The molecular weight excluding hydrogens is 284 g/mol. The minimum atomic E-state index is -0.309. The van der Waals surface area contributed by atoms with E-state index in [-0.39, 0.29) is 18.4 Å². The monoisotopic (exact) mass is 308 g/mol. The van der Waals surface area contributed by atoms with Gasteiger partial charge in [-0.05, 0) is 37.0 Å². The molecule has 0 aliphatic rings. The number of rotatable bonds is 10. The van der Waals surface area contributed by atoms with Crippen LogP contribution < -0.4 is 9.47 Å². The van der Waals surface area contributed by atoms with Gasteiger partial charge in [0.25, 0.3) is 0 Å². The van der Waals surface area contributed by atoms with Crippen molar-refractivity contribution in [2.24, 2.45) is 0 Å². The third-order valence-corrected chi connectivity index (χ3v) is 3.22.